The first-order chi connectivity index (χ1) is 16.5. The van der Waals surface area contributed by atoms with Gasteiger partial charge in [-0.1, -0.05) is 47.0 Å². The van der Waals surface area contributed by atoms with E-state index in [1.165, 1.54) is 12.1 Å². The van der Waals surface area contributed by atoms with E-state index in [0.717, 1.165) is 27.9 Å². The van der Waals surface area contributed by atoms with Crippen LogP contribution in [0.5, 0.6) is 0 Å². The van der Waals surface area contributed by atoms with Crippen molar-refractivity contribution in [1.82, 2.24) is 9.62 Å². The van der Waals surface area contributed by atoms with E-state index < -0.39 is 15.6 Å². The van der Waals surface area contributed by atoms with E-state index in [-0.39, 0.29) is 70.1 Å². The maximum atomic E-state index is 13.5. The Balaban J connectivity index is 1.33. The van der Waals surface area contributed by atoms with Crippen molar-refractivity contribution in [2.24, 2.45) is 28.9 Å². The first-order valence-electron chi connectivity index (χ1n) is 11.7. The number of hydrogen-bond acceptors (Lipinski definition) is 4. The van der Waals surface area contributed by atoms with Gasteiger partial charge < -0.3 is 11.1 Å². The molecule has 2 atom stereocenters. The minimum absolute atomic E-state index is 0.0187. The fraction of sp³-hybridized carbons (Fsp3) is 0.565. The van der Waals surface area contributed by atoms with Gasteiger partial charge in [0.15, 0.2) is 0 Å². The van der Waals surface area contributed by atoms with E-state index in [4.69, 9.17) is 40.5 Å². The third-order valence-corrected chi connectivity index (χ3v) is 10.6. The Labute approximate surface area is 219 Å². The van der Waals surface area contributed by atoms with Crippen LogP contribution in [-0.2, 0) is 19.8 Å². The molecule has 5 aliphatic rings. The normalized spacial score (nSPS) is 33.5. The Bertz CT molecular complexity index is 1170. The molecule has 1 heterocycles. The summed E-state index contributed by atoms with van der Waals surface area (Å²) in [5, 5.41) is 3.59. The number of primary amides is 1. The zero-order valence-corrected chi connectivity index (χ0v) is 22.0. The summed E-state index contributed by atoms with van der Waals surface area (Å²) in [4.78, 5) is 25.3. The number of benzene rings is 1. The Hall–Kier alpha value is -1.52. The number of nitrogens with two attached hydrogens (primary N) is 1. The molecule has 0 radical (unpaired) electrons. The van der Waals surface area contributed by atoms with Gasteiger partial charge in [-0.05, 0) is 62.0 Å². The van der Waals surface area contributed by atoms with Crippen molar-refractivity contribution >= 4 is 62.5 Å². The average Bonchev–Trinajstić information content (AvgIpc) is 2.88. The number of nitrogens with one attached hydrogen (secondary N) is 1. The Kier molecular flexibility index (Phi) is 6.54. The van der Waals surface area contributed by atoms with Gasteiger partial charge in [-0.2, -0.15) is 12.7 Å². The molecule has 4 fully saturated rings. The lowest BCUT2D eigenvalue weighted by atomic mass is 9.47. The van der Waals surface area contributed by atoms with Crippen molar-refractivity contribution in [3.8, 4) is 0 Å². The number of carbonyl (C=O) groups is 2. The van der Waals surface area contributed by atoms with Crippen LogP contribution in [0, 0.1) is 23.2 Å². The van der Waals surface area contributed by atoms with Gasteiger partial charge in [0.1, 0.15) is 0 Å². The molecule has 4 saturated carbocycles. The fourth-order valence-electron chi connectivity index (χ4n) is 6.77. The lowest BCUT2D eigenvalue weighted by Gasteiger charge is -2.58. The van der Waals surface area contributed by atoms with Crippen LogP contribution in [0.4, 0.5) is 5.69 Å². The lowest BCUT2D eigenvalue weighted by Crippen LogP contribution is -2.62. The summed E-state index contributed by atoms with van der Waals surface area (Å²) in [6, 6.07) is 2.78. The van der Waals surface area contributed by atoms with Crippen LogP contribution >= 0.6 is 34.8 Å². The van der Waals surface area contributed by atoms with Crippen LogP contribution in [0.15, 0.2) is 24.3 Å². The van der Waals surface area contributed by atoms with E-state index in [1.807, 2.05) is 0 Å². The number of nitrogens with zero attached hydrogens (tertiary/aromatic N) is 2. The molecule has 6 rings (SSSR count). The number of rotatable bonds is 5. The SMILES string of the molecule is NC(=O)C12CC3CC(C1)C(NC(=O)CN1CC=CCN(c4c(Cl)cc(Cl)cc4Cl)S1(=O)=O)C(C3)C2. The highest BCUT2D eigenvalue weighted by Crippen LogP contribution is 2.59. The average molecular weight is 562 g/mol. The summed E-state index contributed by atoms with van der Waals surface area (Å²) in [7, 11) is -4.12. The van der Waals surface area contributed by atoms with E-state index >= 15 is 0 Å². The monoisotopic (exact) mass is 560 g/mol. The zero-order chi connectivity index (χ0) is 25.1. The Morgan fingerprint density at radius 2 is 1.63 bits per heavy atom. The lowest BCUT2D eigenvalue weighted by molar-refractivity contribution is -0.147. The molecule has 4 bridgehead atoms. The van der Waals surface area contributed by atoms with Crippen molar-refractivity contribution in [2.75, 3.05) is 23.9 Å². The highest BCUT2D eigenvalue weighted by Gasteiger charge is 2.58. The van der Waals surface area contributed by atoms with Crippen molar-refractivity contribution < 1.29 is 18.0 Å². The van der Waals surface area contributed by atoms with Gasteiger partial charge in [-0.15, -0.1) is 0 Å². The second-order valence-corrected chi connectivity index (χ2v) is 13.3. The summed E-state index contributed by atoms with van der Waals surface area (Å²) in [5.74, 6) is 0.223. The molecule has 0 aromatic heterocycles. The molecule has 190 valence electrons. The van der Waals surface area contributed by atoms with E-state index in [2.05, 4.69) is 5.32 Å². The maximum Gasteiger partial charge on any atom is 0.305 e. The summed E-state index contributed by atoms with van der Waals surface area (Å²) in [5.41, 5.74) is 5.43. The smallest absolute Gasteiger partial charge is 0.305 e. The predicted molar refractivity (Wildman–Crippen MR) is 136 cm³/mol. The largest absolute Gasteiger partial charge is 0.369 e. The molecule has 12 heteroatoms. The van der Waals surface area contributed by atoms with Crippen LogP contribution in [0.3, 0.4) is 0 Å². The summed E-state index contributed by atoms with van der Waals surface area (Å²) >= 11 is 18.6. The number of hydrogen-bond donors (Lipinski definition) is 2. The van der Waals surface area contributed by atoms with E-state index in [0.29, 0.717) is 18.8 Å². The zero-order valence-electron chi connectivity index (χ0n) is 18.9. The van der Waals surface area contributed by atoms with Gasteiger partial charge in [0.2, 0.25) is 11.8 Å². The highest BCUT2D eigenvalue weighted by molar-refractivity contribution is 7.90. The molecule has 35 heavy (non-hydrogen) atoms. The quantitative estimate of drug-likeness (QED) is 0.537. The fourth-order valence-corrected chi connectivity index (χ4v) is 9.43. The van der Waals surface area contributed by atoms with Gasteiger partial charge in [-0.25, -0.2) is 0 Å². The summed E-state index contributed by atoms with van der Waals surface area (Å²) in [6.45, 7) is -0.281. The van der Waals surface area contributed by atoms with Crippen molar-refractivity contribution in [3.05, 3.63) is 39.4 Å². The number of carbonyl (C=O) groups excluding carboxylic acids is 2. The maximum absolute atomic E-state index is 13.5. The van der Waals surface area contributed by atoms with Gasteiger partial charge in [0, 0.05) is 23.0 Å². The molecule has 1 aliphatic heterocycles. The van der Waals surface area contributed by atoms with E-state index in [1.54, 1.807) is 12.2 Å². The third-order valence-electron chi connectivity index (χ3n) is 8.03. The molecule has 1 aromatic rings. The van der Waals surface area contributed by atoms with Crippen LogP contribution in [0.2, 0.25) is 15.1 Å². The predicted octanol–water partition coefficient (Wildman–Crippen LogP) is 3.37. The summed E-state index contributed by atoms with van der Waals surface area (Å²) in [6.07, 6.45) is 7.53. The standard InChI is InChI=1S/C23H27Cl3N4O4S/c24-16-7-17(25)21(18(26)8-16)30-4-2-1-3-29(35(30,33)34)12-19(31)28-20-14-5-13-6-15(20)11-23(9-13,10-14)22(27)32/h1-2,7-8,13-15,20H,3-6,9-12H2,(H2,27,32)(H,28,31). The molecule has 3 N–H and O–H groups in total. The Morgan fingerprint density at radius 3 is 2.23 bits per heavy atom. The van der Waals surface area contributed by atoms with Gasteiger partial charge in [0.05, 0.1) is 28.8 Å². The molecule has 0 spiro atoms. The van der Waals surface area contributed by atoms with Gasteiger partial charge in [0.25, 0.3) is 0 Å². The first kappa shape index (κ1) is 25.1. The van der Waals surface area contributed by atoms with Gasteiger partial charge >= 0.3 is 10.2 Å². The molecular weight excluding hydrogens is 535 g/mol. The van der Waals surface area contributed by atoms with E-state index in [9.17, 15) is 18.0 Å². The molecule has 0 saturated heterocycles. The minimum atomic E-state index is -4.12. The second kappa shape index (κ2) is 9.10. The van der Waals surface area contributed by atoms with Crippen LogP contribution in [-0.4, -0.2) is 50.2 Å². The van der Waals surface area contributed by atoms with Gasteiger partial charge in [-0.3, -0.25) is 13.9 Å². The molecule has 1 aromatic carbocycles. The number of amides is 2. The van der Waals surface area contributed by atoms with Crippen molar-refractivity contribution in [3.63, 3.8) is 0 Å². The minimum Gasteiger partial charge on any atom is -0.369 e. The molecule has 8 nitrogen and oxygen atoms in total. The molecule has 4 aliphatic carbocycles. The van der Waals surface area contributed by atoms with Crippen molar-refractivity contribution in [1.29, 1.82) is 0 Å². The summed E-state index contributed by atoms with van der Waals surface area (Å²) < 4.78 is 29.3. The number of halogens is 3. The van der Waals surface area contributed by atoms with Crippen molar-refractivity contribution in [2.45, 2.75) is 38.1 Å². The Morgan fingerprint density at radius 1 is 1.03 bits per heavy atom. The van der Waals surface area contributed by atoms with Crippen LogP contribution in [0.25, 0.3) is 0 Å². The molecule has 2 unspecified atom stereocenters. The first-order valence-corrected chi connectivity index (χ1v) is 14.2. The third kappa shape index (κ3) is 4.44. The topological polar surface area (TPSA) is 113 Å². The highest BCUT2D eigenvalue weighted by atomic mass is 35.5. The van der Waals surface area contributed by atoms with Crippen LogP contribution in [0.1, 0.15) is 32.1 Å². The molecular formula is C23H27Cl3N4O4S. The second-order valence-electron chi connectivity index (χ2n) is 10.2. The number of anilines is 1. The van der Waals surface area contributed by atoms with Crippen LogP contribution < -0.4 is 15.4 Å². The molecule has 2 amide bonds.